The second-order valence-corrected chi connectivity index (χ2v) is 5.95. The number of imidazole rings is 1. The van der Waals surface area contributed by atoms with Gasteiger partial charge in [0, 0.05) is 0 Å². The molecule has 0 fully saturated rings. The number of rotatable bonds is 5. The van der Waals surface area contributed by atoms with Crippen LogP contribution in [0.15, 0.2) is 6.33 Å². The summed E-state index contributed by atoms with van der Waals surface area (Å²) in [4.78, 5) is 28.3. The number of nitrogens with zero attached hydrogens (tertiary/aromatic N) is 3. The largest absolute Gasteiger partial charge is 0.380 e. The van der Waals surface area contributed by atoms with Crippen LogP contribution < -0.4 is 16.0 Å². The molecule has 11 heteroatoms. The summed E-state index contributed by atoms with van der Waals surface area (Å²) in [6.45, 7) is 2.02. The molecule has 2 aromatic rings. The van der Waals surface area contributed by atoms with Crippen molar-refractivity contribution in [3.63, 3.8) is 0 Å². The first kappa shape index (κ1) is 14.7. The van der Waals surface area contributed by atoms with Gasteiger partial charge in [0.15, 0.2) is 12.1 Å². The predicted octanol–water partition coefficient (Wildman–Crippen LogP) is -1.05. The van der Waals surface area contributed by atoms with Crippen molar-refractivity contribution in [1.82, 2.24) is 15.0 Å². The average molecular weight is 303 g/mol. The zero-order chi connectivity index (χ0) is 14.9. The zero-order valence-corrected chi connectivity index (χ0v) is 11.6. The first-order valence-electron chi connectivity index (χ1n) is 5.72. The molecule has 2 rings (SSSR count). The Hall–Kier alpha value is -1.74. The molecule has 0 aromatic carbocycles. The lowest BCUT2D eigenvalue weighted by Gasteiger charge is -2.12. The Labute approximate surface area is 113 Å². The summed E-state index contributed by atoms with van der Waals surface area (Å²) < 4.78 is 17.5. The van der Waals surface area contributed by atoms with Crippen LogP contribution in [0.4, 0.5) is 11.8 Å². The molecule has 20 heavy (non-hydrogen) atoms. The van der Waals surface area contributed by atoms with Gasteiger partial charge in [-0.1, -0.05) is 4.98 Å². The van der Waals surface area contributed by atoms with E-state index in [2.05, 4.69) is 15.0 Å². The van der Waals surface area contributed by atoms with E-state index in [1.165, 1.54) is 0 Å². The van der Waals surface area contributed by atoms with Gasteiger partial charge in [-0.05, 0) is 6.92 Å². The fraction of sp³-hybridized carbons (Fsp3) is 0.444. The normalized spacial score (nSPS) is 13.8. The van der Waals surface area contributed by atoms with Gasteiger partial charge in [-0.15, -0.1) is 0 Å². The SMILES string of the molecule is C[C@H](C[n+]1c[nH]c2c(N)nc(N)nc21)OCP(=O)(O)O. The van der Waals surface area contributed by atoms with Crippen LogP contribution >= 0.6 is 7.60 Å². The molecular formula is C9H16N6O4P+. The number of nitrogens with one attached hydrogen (secondary N) is 1. The number of fused-ring (bicyclic) bond motifs is 1. The third kappa shape index (κ3) is 3.42. The topological polar surface area (TPSA) is 164 Å². The minimum atomic E-state index is -4.18. The summed E-state index contributed by atoms with van der Waals surface area (Å²) in [7, 11) is -4.18. The van der Waals surface area contributed by atoms with Crippen molar-refractivity contribution in [1.29, 1.82) is 0 Å². The molecule has 2 heterocycles. The summed E-state index contributed by atoms with van der Waals surface area (Å²) in [6, 6.07) is 0. The van der Waals surface area contributed by atoms with Crippen molar-refractivity contribution in [2.45, 2.75) is 19.6 Å². The Kier molecular flexibility index (Phi) is 3.91. The number of anilines is 2. The standard InChI is InChI=1S/C9H15N6O4P/c1-5(19-4-20(16,17)18)2-15-3-12-6-7(10)13-9(11)14-8(6)15/h3,5H,2,4H2,1H3,(H6,10,11,13,14,16,17,18)/p+1/t5-/m1/s1. The van der Waals surface area contributed by atoms with E-state index in [1.54, 1.807) is 17.8 Å². The Morgan fingerprint density at radius 2 is 2.20 bits per heavy atom. The van der Waals surface area contributed by atoms with Gasteiger partial charge < -0.3 is 26.0 Å². The van der Waals surface area contributed by atoms with Gasteiger partial charge in [0.25, 0.3) is 5.95 Å². The van der Waals surface area contributed by atoms with Crippen LogP contribution in [-0.4, -0.2) is 37.2 Å². The number of H-pyrrole nitrogens is 1. The van der Waals surface area contributed by atoms with Crippen LogP contribution in [0.1, 0.15) is 6.92 Å². The van der Waals surface area contributed by atoms with Crippen LogP contribution in [0, 0.1) is 0 Å². The molecule has 7 N–H and O–H groups in total. The molecule has 2 aromatic heterocycles. The molecule has 0 amide bonds. The Bertz CT molecular complexity index is 668. The lowest BCUT2D eigenvalue weighted by atomic mass is 10.4. The first-order valence-corrected chi connectivity index (χ1v) is 7.51. The first-order chi connectivity index (χ1) is 9.26. The summed E-state index contributed by atoms with van der Waals surface area (Å²) in [5.74, 6) is 0.280. The minimum Gasteiger partial charge on any atom is -0.380 e. The van der Waals surface area contributed by atoms with Gasteiger partial charge in [0.2, 0.25) is 5.52 Å². The summed E-state index contributed by atoms with van der Waals surface area (Å²) in [6.07, 6.45) is 0.562. The number of ether oxygens (including phenoxy) is 1. The highest BCUT2D eigenvalue weighted by Crippen LogP contribution is 2.34. The molecule has 0 aliphatic heterocycles. The second-order valence-electron chi connectivity index (χ2n) is 4.36. The Morgan fingerprint density at radius 1 is 1.50 bits per heavy atom. The number of nitrogens with two attached hydrogens (primary N) is 2. The molecule has 0 spiro atoms. The molecular weight excluding hydrogens is 287 g/mol. The monoisotopic (exact) mass is 303 g/mol. The summed E-state index contributed by atoms with van der Waals surface area (Å²) in [5.41, 5.74) is 12.3. The minimum absolute atomic E-state index is 0.0483. The lowest BCUT2D eigenvalue weighted by molar-refractivity contribution is -0.679. The van der Waals surface area contributed by atoms with Gasteiger partial charge in [-0.3, -0.25) is 9.55 Å². The van der Waals surface area contributed by atoms with Gasteiger partial charge >= 0.3 is 13.2 Å². The molecule has 10 nitrogen and oxygen atoms in total. The third-order valence-electron chi connectivity index (χ3n) is 2.55. The van der Waals surface area contributed by atoms with Crippen molar-refractivity contribution in [3.05, 3.63) is 6.33 Å². The van der Waals surface area contributed by atoms with Gasteiger partial charge in [-0.25, -0.2) is 4.57 Å². The second kappa shape index (κ2) is 5.33. The summed E-state index contributed by atoms with van der Waals surface area (Å²) in [5, 5.41) is 0. The van der Waals surface area contributed by atoms with Crippen molar-refractivity contribution < 1.29 is 23.7 Å². The Morgan fingerprint density at radius 3 is 2.85 bits per heavy atom. The maximum atomic E-state index is 10.7. The highest BCUT2D eigenvalue weighted by molar-refractivity contribution is 7.51. The third-order valence-corrected chi connectivity index (χ3v) is 3.04. The number of nitrogen functional groups attached to an aromatic ring is 2. The van der Waals surface area contributed by atoms with Crippen molar-refractivity contribution in [3.8, 4) is 0 Å². The number of hydrogen-bond donors (Lipinski definition) is 5. The van der Waals surface area contributed by atoms with E-state index in [-0.39, 0.29) is 11.8 Å². The van der Waals surface area contributed by atoms with E-state index < -0.39 is 20.0 Å². The van der Waals surface area contributed by atoms with Gasteiger partial charge in [-0.2, -0.15) is 4.98 Å². The van der Waals surface area contributed by atoms with Crippen molar-refractivity contribution in [2.75, 3.05) is 17.8 Å². The zero-order valence-electron chi connectivity index (χ0n) is 10.7. The van der Waals surface area contributed by atoms with Gasteiger partial charge in [0.1, 0.15) is 6.35 Å². The van der Waals surface area contributed by atoms with Crippen LogP contribution in [0.25, 0.3) is 11.2 Å². The highest BCUT2D eigenvalue weighted by atomic mass is 31.2. The molecule has 0 radical (unpaired) electrons. The average Bonchev–Trinajstić information content (AvgIpc) is 2.69. The molecule has 1 atom stereocenters. The molecule has 0 saturated carbocycles. The van der Waals surface area contributed by atoms with E-state index in [0.717, 1.165) is 0 Å². The van der Waals surface area contributed by atoms with Crippen molar-refractivity contribution in [2.24, 2.45) is 0 Å². The summed E-state index contributed by atoms with van der Waals surface area (Å²) >= 11 is 0. The predicted molar refractivity (Wildman–Crippen MR) is 70.4 cm³/mol. The molecule has 0 aliphatic rings. The fourth-order valence-corrected chi connectivity index (χ4v) is 2.18. The van der Waals surface area contributed by atoms with Crippen LogP contribution in [0.5, 0.6) is 0 Å². The quantitative estimate of drug-likeness (QED) is 0.345. The van der Waals surface area contributed by atoms with Crippen LogP contribution in [-0.2, 0) is 15.8 Å². The maximum absolute atomic E-state index is 10.7. The number of aromatic amines is 1. The van der Waals surface area contributed by atoms with Crippen LogP contribution in [0.2, 0.25) is 0 Å². The lowest BCUT2D eigenvalue weighted by Crippen LogP contribution is -2.39. The van der Waals surface area contributed by atoms with E-state index in [1.807, 2.05) is 0 Å². The molecule has 110 valence electrons. The molecule has 0 aliphatic carbocycles. The number of hydrogen-bond acceptors (Lipinski definition) is 6. The van der Waals surface area contributed by atoms with Crippen molar-refractivity contribution >= 4 is 30.5 Å². The molecule has 0 saturated heterocycles. The fourth-order valence-electron chi connectivity index (χ4n) is 1.73. The van der Waals surface area contributed by atoms with E-state index >= 15 is 0 Å². The molecule has 0 unspecified atom stereocenters. The van der Waals surface area contributed by atoms with Crippen LogP contribution in [0.3, 0.4) is 0 Å². The highest BCUT2D eigenvalue weighted by Gasteiger charge is 2.20. The van der Waals surface area contributed by atoms with E-state index in [9.17, 15) is 4.57 Å². The smallest absolute Gasteiger partial charge is 0.350 e. The Balaban J connectivity index is 2.16. The maximum Gasteiger partial charge on any atom is 0.350 e. The number of aromatic nitrogens is 4. The van der Waals surface area contributed by atoms with Gasteiger partial charge in [0.05, 0.1) is 12.6 Å². The molecule has 0 bridgehead atoms. The van der Waals surface area contributed by atoms with E-state index in [0.29, 0.717) is 17.7 Å². The van der Waals surface area contributed by atoms with E-state index in [4.69, 9.17) is 26.0 Å².